The SMILES string of the molecule is CCC(CC)NC(=O)Nc1ccc(Oc2ccc(NC(=O)c3ccc(OC4CCC(N(C)C)CC4)cc3)cc2)c(OC)c1. The van der Waals surface area contributed by atoms with Crippen molar-refractivity contribution in [2.45, 2.75) is 70.6 Å². The number of benzene rings is 3. The number of anilines is 2. The van der Waals surface area contributed by atoms with Crippen molar-refractivity contribution in [3.05, 3.63) is 72.3 Å². The van der Waals surface area contributed by atoms with E-state index in [4.69, 9.17) is 14.2 Å². The summed E-state index contributed by atoms with van der Waals surface area (Å²) in [4.78, 5) is 27.4. The maximum atomic E-state index is 12.8. The maximum absolute atomic E-state index is 12.8. The molecule has 3 aromatic rings. The molecule has 0 heterocycles. The van der Waals surface area contributed by atoms with E-state index in [0.29, 0.717) is 40.2 Å². The second-order valence-electron chi connectivity index (χ2n) is 11.1. The molecular formula is C34H44N4O5. The summed E-state index contributed by atoms with van der Waals surface area (Å²) in [6, 6.07) is 20.1. The predicted octanol–water partition coefficient (Wildman–Crippen LogP) is 7.30. The van der Waals surface area contributed by atoms with Crippen molar-refractivity contribution in [1.29, 1.82) is 0 Å². The van der Waals surface area contributed by atoms with Crippen LogP contribution in [-0.2, 0) is 0 Å². The van der Waals surface area contributed by atoms with Crippen LogP contribution in [0.4, 0.5) is 16.2 Å². The molecule has 0 atom stereocenters. The van der Waals surface area contributed by atoms with E-state index < -0.39 is 0 Å². The Bertz CT molecular complexity index is 1330. The Labute approximate surface area is 254 Å². The fourth-order valence-electron chi connectivity index (χ4n) is 5.17. The molecule has 4 rings (SSSR count). The zero-order chi connectivity index (χ0) is 30.8. The molecule has 1 fully saturated rings. The fraction of sp³-hybridized carbons (Fsp3) is 0.412. The van der Waals surface area contributed by atoms with Gasteiger partial charge in [-0.3, -0.25) is 4.79 Å². The summed E-state index contributed by atoms with van der Waals surface area (Å²) in [5.74, 6) is 2.13. The van der Waals surface area contributed by atoms with Crippen molar-refractivity contribution >= 4 is 23.3 Å². The smallest absolute Gasteiger partial charge is 0.319 e. The molecule has 0 saturated heterocycles. The number of carbonyl (C=O) groups is 2. The highest BCUT2D eigenvalue weighted by atomic mass is 16.5. The van der Waals surface area contributed by atoms with Gasteiger partial charge in [-0.25, -0.2) is 4.79 Å². The summed E-state index contributed by atoms with van der Waals surface area (Å²) < 4.78 is 17.7. The van der Waals surface area contributed by atoms with Gasteiger partial charge in [-0.05, 0) is 113 Å². The monoisotopic (exact) mass is 588 g/mol. The third-order valence-electron chi connectivity index (χ3n) is 7.88. The molecule has 1 aliphatic rings. The molecule has 9 nitrogen and oxygen atoms in total. The normalized spacial score (nSPS) is 16.4. The average molecular weight is 589 g/mol. The number of urea groups is 1. The number of ether oxygens (including phenoxy) is 3. The lowest BCUT2D eigenvalue weighted by Gasteiger charge is -2.32. The number of carbonyl (C=O) groups excluding carboxylic acids is 2. The van der Waals surface area contributed by atoms with E-state index >= 15 is 0 Å². The lowest BCUT2D eigenvalue weighted by molar-refractivity contribution is 0.102. The van der Waals surface area contributed by atoms with E-state index in [-0.39, 0.29) is 24.1 Å². The second kappa shape index (κ2) is 15.3. The lowest BCUT2D eigenvalue weighted by atomic mass is 9.92. The lowest BCUT2D eigenvalue weighted by Crippen LogP contribution is -2.37. The van der Waals surface area contributed by atoms with Crippen LogP contribution >= 0.6 is 0 Å². The van der Waals surface area contributed by atoms with Crippen LogP contribution in [0.5, 0.6) is 23.0 Å². The van der Waals surface area contributed by atoms with Crippen LogP contribution in [-0.4, -0.2) is 56.2 Å². The Kier molecular flexibility index (Phi) is 11.3. The molecule has 3 aromatic carbocycles. The van der Waals surface area contributed by atoms with E-state index in [0.717, 1.165) is 44.3 Å². The van der Waals surface area contributed by atoms with Gasteiger partial charge in [0.2, 0.25) is 0 Å². The topological polar surface area (TPSA) is 101 Å². The molecule has 0 bridgehead atoms. The number of nitrogens with one attached hydrogen (secondary N) is 3. The summed E-state index contributed by atoms with van der Waals surface area (Å²) in [6.45, 7) is 4.08. The van der Waals surface area contributed by atoms with E-state index in [2.05, 4.69) is 34.9 Å². The molecule has 0 aromatic heterocycles. The van der Waals surface area contributed by atoms with Gasteiger partial charge >= 0.3 is 6.03 Å². The molecule has 0 radical (unpaired) electrons. The summed E-state index contributed by atoms with van der Waals surface area (Å²) in [5, 5.41) is 8.71. The molecule has 0 spiro atoms. The Morgan fingerprint density at radius 1 is 0.814 bits per heavy atom. The van der Waals surface area contributed by atoms with E-state index in [1.165, 1.54) is 0 Å². The van der Waals surface area contributed by atoms with Crippen LogP contribution in [0.2, 0.25) is 0 Å². The Hall–Kier alpha value is -4.24. The van der Waals surface area contributed by atoms with Gasteiger partial charge in [0.25, 0.3) is 5.91 Å². The Morgan fingerprint density at radius 2 is 1.44 bits per heavy atom. The second-order valence-corrected chi connectivity index (χ2v) is 11.1. The van der Waals surface area contributed by atoms with E-state index in [9.17, 15) is 9.59 Å². The van der Waals surface area contributed by atoms with Crippen LogP contribution in [0.25, 0.3) is 0 Å². The highest BCUT2D eigenvalue weighted by molar-refractivity contribution is 6.04. The number of amides is 3. The largest absolute Gasteiger partial charge is 0.493 e. The van der Waals surface area contributed by atoms with Crippen molar-refractivity contribution < 1.29 is 23.8 Å². The van der Waals surface area contributed by atoms with E-state index in [1.54, 1.807) is 61.7 Å². The molecule has 3 amide bonds. The van der Waals surface area contributed by atoms with Gasteiger partial charge in [0, 0.05) is 35.1 Å². The minimum atomic E-state index is -0.260. The summed E-state index contributed by atoms with van der Waals surface area (Å²) in [7, 11) is 5.81. The quantitative estimate of drug-likeness (QED) is 0.205. The molecular weight excluding hydrogens is 544 g/mol. The number of rotatable bonds is 12. The van der Waals surface area contributed by atoms with Gasteiger partial charge in [0.1, 0.15) is 11.5 Å². The van der Waals surface area contributed by atoms with Crippen molar-refractivity contribution in [2.75, 3.05) is 31.8 Å². The van der Waals surface area contributed by atoms with Crippen molar-refractivity contribution in [2.24, 2.45) is 0 Å². The molecule has 9 heteroatoms. The molecule has 3 N–H and O–H groups in total. The third-order valence-corrected chi connectivity index (χ3v) is 7.88. The van der Waals surface area contributed by atoms with Gasteiger partial charge < -0.3 is 35.1 Å². The standard InChI is InChI=1S/C34H44N4O5/c1-6-24(7-2)36-34(40)37-26-12-21-31(32(22-26)41-5)43-30-17-10-25(11-18-30)35-33(39)23-8-15-28(16-9-23)42-29-19-13-27(14-20-29)38(3)4/h8-12,15-18,21-22,24,27,29H,6-7,13-14,19-20H2,1-5H3,(H,35,39)(H2,36,37,40). The fourth-order valence-corrected chi connectivity index (χ4v) is 5.17. The first-order valence-corrected chi connectivity index (χ1v) is 15.1. The minimum Gasteiger partial charge on any atom is -0.493 e. The summed E-state index contributed by atoms with van der Waals surface area (Å²) >= 11 is 0. The average Bonchev–Trinajstić information content (AvgIpc) is 3.02. The maximum Gasteiger partial charge on any atom is 0.319 e. The Balaban J connectivity index is 1.29. The number of hydrogen-bond acceptors (Lipinski definition) is 6. The first-order valence-electron chi connectivity index (χ1n) is 15.1. The Morgan fingerprint density at radius 3 is 2.05 bits per heavy atom. The highest BCUT2D eigenvalue weighted by Crippen LogP contribution is 2.34. The summed E-state index contributed by atoms with van der Waals surface area (Å²) in [5.41, 5.74) is 1.79. The first kappa shape index (κ1) is 31.7. The number of methoxy groups -OCH3 is 1. The molecule has 0 aliphatic heterocycles. The van der Waals surface area contributed by atoms with Gasteiger partial charge in [0.05, 0.1) is 13.2 Å². The van der Waals surface area contributed by atoms with Crippen molar-refractivity contribution in [1.82, 2.24) is 10.2 Å². The van der Waals surface area contributed by atoms with E-state index in [1.807, 2.05) is 26.0 Å². The third kappa shape index (κ3) is 9.12. The summed E-state index contributed by atoms with van der Waals surface area (Å²) in [6.07, 6.45) is 6.30. The van der Waals surface area contributed by atoms with Crippen molar-refractivity contribution in [3.63, 3.8) is 0 Å². The van der Waals surface area contributed by atoms with Crippen LogP contribution in [0.1, 0.15) is 62.7 Å². The van der Waals surface area contributed by atoms with Crippen LogP contribution in [0.3, 0.4) is 0 Å². The van der Waals surface area contributed by atoms with Crippen LogP contribution < -0.4 is 30.2 Å². The molecule has 43 heavy (non-hydrogen) atoms. The van der Waals surface area contributed by atoms with Gasteiger partial charge in [0.15, 0.2) is 11.5 Å². The first-order chi connectivity index (χ1) is 20.8. The molecule has 230 valence electrons. The molecule has 0 unspecified atom stereocenters. The number of nitrogens with zero attached hydrogens (tertiary/aromatic N) is 1. The van der Waals surface area contributed by atoms with Crippen LogP contribution in [0.15, 0.2) is 66.7 Å². The minimum absolute atomic E-state index is 0.125. The zero-order valence-electron chi connectivity index (χ0n) is 25.8. The van der Waals surface area contributed by atoms with Crippen molar-refractivity contribution in [3.8, 4) is 23.0 Å². The number of hydrogen-bond donors (Lipinski definition) is 3. The van der Waals surface area contributed by atoms with Gasteiger partial charge in [-0.15, -0.1) is 0 Å². The highest BCUT2D eigenvalue weighted by Gasteiger charge is 2.23. The predicted molar refractivity (Wildman–Crippen MR) is 171 cm³/mol. The van der Waals surface area contributed by atoms with Crippen LogP contribution in [0, 0.1) is 0 Å². The van der Waals surface area contributed by atoms with Gasteiger partial charge in [-0.1, -0.05) is 13.8 Å². The molecule has 1 saturated carbocycles. The molecule has 1 aliphatic carbocycles. The van der Waals surface area contributed by atoms with Gasteiger partial charge in [-0.2, -0.15) is 0 Å². The zero-order valence-corrected chi connectivity index (χ0v) is 25.8.